The lowest BCUT2D eigenvalue weighted by Gasteiger charge is -2.32. The molecule has 13 heavy (non-hydrogen) atoms. The first-order chi connectivity index (χ1) is 6.15. The molecule has 1 heterocycles. The molecule has 1 N–H and O–H groups in total. The SMILES string of the molecule is CCOC(=O)C1COC(C)C(C)N1. The number of hydrogen-bond acceptors (Lipinski definition) is 4. The van der Waals surface area contributed by atoms with Gasteiger partial charge in [-0.05, 0) is 20.8 Å². The van der Waals surface area contributed by atoms with Gasteiger partial charge < -0.3 is 9.47 Å². The van der Waals surface area contributed by atoms with Gasteiger partial charge in [-0.2, -0.15) is 0 Å². The summed E-state index contributed by atoms with van der Waals surface area (Å²) in [6, 6.07) is -0.102. The number of hydrogen-bond donors (Lipinski definition) is 1. The molecule has 1 aliphatic rings. The second-order valence-electron chi connectivity index (χ2n) is 3.30. The Bertz CT molecular complexity index is 184. The number of nitrogens with one attached hydrogen (secondary N) is 1. The summed E-state index contributed by atoms with van der Waals surface area (Å²) in [5.41, 5.74) is 0. The molecule has 0 aliphatic carbocycles. The third kappa shape index (κ3) is 2.67. The van der Waals surface area contributed by atoms with Crippen molar-refractivity contribution in [1.82, 2.24) is 5.32 Å². The minimum atomic E-state index is -0.300. The average molecular weight is 187 g/mol. The first-order valence-corrected chi connectivity index (χ1v) is 4.69. The van der Waals surface area contributed by atoms with Crippen molar-refractivity contribution in [3.8, 4) is 0 Å². The fraction of sp³-hybridized carbons (Fsp3) is 0.889. The Balaban J connectivity index is 2.40. The fourth-order valence-electron chi connectivity index (χ4n) is 1.27. The van der Waals surface area contributed by atoms with E-state index in [1.54, 1.807) is 6.92 Å². The van der Waals surface area contributed by atoms with E-state index < -0.39 is 0 Å². The largest absolute Gasteiger partial charge is 0.465 e. The molecule has 1 aliphatic heterocycles. The Morgan fingerprint density at radius 3 is 2.85 bits per heavy atom. The Hall–Kier alpha value is -0.610. The van der Waals surface area contributed by atoms with Crippen molar-refractivity contribution in [2.45, 2.75) is 39.0 Å². The van der Waals surface area contributed by atoms with Crippen LogP contribution in [0.15, 0.2) is 0 Å². The number of esters is 1. The van der Waals surface area contributed by atoms with E-state index in [-0.39, 0.29) is 24.2 Å². The van der Waals surface area contributed by atoms with Crippen LogP contribution >= 0.6 is 0 Å². The average Bonchev–Trinajstić information content (AvgIpc) is 2.10. The van der Waals surface area contributed by atoms with Gasteiger partial charge in [0.1, 0.15) is 6.04 Å². The van der Waals surface area contributed by atoms with Gasteiger partial charge in [-0.3, -0.25) is 10.1 Å². The topological polar surface area (TPSA) is 47.6 Å². The Morgan fingerprint density at radius 1 is 1.62 bits per heavy atom. The third-order valence-electron chi connectivity index (χ3n) is 2.27. The van der Waals surface area contributed by atoms with E-state index in [4.69, 9.17) is 9.47 Å². The van der Waals surface area contributed by atoms with Crippen LogP contribution in [0.2, 0.25) is 0 Å². The number of morpholine rings is 1. The lowest BCUT2D eigenvalue weighted by Crippen LogP contribution is -2.55. The standard InChI is InChI=1S/C9H17NO3/c1-4-12-9(11)8-5-13-7(3)6(2)10-8/h6-8,10H,4-5H2,1-3H3. The summed E-state index contributed by atoms with van der Waals surface area (Å²) in [5, 5.41) is 3.15. The van der Waals surface area contributed by atoms with E-state index in [0.717, 1.165) is 0 Å². The normalized spacial score (nSPS) is 34.2. The second kappa shape index (κ2) is 4.58. The van der Waals surface area contributed by atoms with Gasteiger partial charge in [0.05, 0.1) is 19.3 Å². The number of rotatable bonds is 2. The molecule has 4 heteroatoms. The summed E-state index contributed by atoms with van der Waals surface area (Å²) in [5.74, 6) is -0.221. The first-order valence-electron chi connectivity index (χ1n) is 4.69. The molecule has 0 radical (unpaired) electrons. The molecule has 1 saturated heterocycles. The van der Waals surface area contributed by atoms with Crippen LogP contribution in [-0.2, 0) is 14.3 Å². The first kappa shape index (κ1) is 10.5. The van der Waals surface area contributed by atoms with Crippen LogP contribution in [0.1, 0.15) is 20.8 Å². The zero-order valence-electron chi connectivity index (χ0n) is 8.37. The highest BCUT2D eigenvalue weighted by atomic mass is 16.5. The highest BCUT2D eigenvalue weighted by Gasteiger charge is 2.29. The molecule has 76 valence electrons. The van der Waals surface area contributed by atoms with Crippen LogP contribution < -0.4 is 5.32 Å². The molecule has 3 unspecified atom stereocenters. The molecular formula is C9H17NO3. The molecule has 3 atom stereocenters. The van der Waals surface area contributed by atoms with E-state index in [2.05, 4.69) is 5.32 Å². The van der Waals surface area contributed by atoms with Crippen molar-refractivity contribution in [3.05, 3.63) is 0 Å². The number of carbonyl (C=O) groups excluding carboxylic acids is 1. The summed E-state index contributed by atoms with van der Waals surface area (Å²) in [6.45, 7) is 6.61. The monoisotopic (exact) mass is 187 g/mol. The van der Waals surface area contributed by atoms with Crippen LogP contribution in [0.25, 0.3) is 0 Å². The van der Waals surface area contributed by atoms with E-state index in [9.17, 15) is 4.79 Å². The van der Waals surface area contributed by atoms with Gasteiger partial charge in [0.15, 0.2) is 0 Å². The van der Waals surface area contributed by atoms with Gasteiger partial charge in [0.2, 0.25) is 0 Å². The van der Waals surface area contributed by atoms with Gasteiger partial charge in [-0.15, -0.1) is 0 Å². The number of ether oxygens (including phenoxy) is 2. The zero-order chi connectivity index (χ0) is 9.84. The van der Waals surface area contributed by atoms with Crippen molar-refractivity contribution in [2.24, 2.45) is 0 Å². The Kier molecular flexibility index (Phi) is 3.69. The summed E-state index contributed by atoms with van der Waals surface area (Å²) < 4.78 is 10.3. The molecule has 4 nitrogen and oxygen atoms in total. The maximum absolute atomic E-state index is 11.3. The molecule has 0 spiro atoms. The molecule has 0 aromatic carbocycles. The molecule has 1 rings (SSSR count). The highest BCUT2D eigenvalue weighted by molar-refractivity contribution is 5.76. The minimum absolute atomic E-state index is 0.158. The summed E-state index contributed by atoms with van der Waals surface area (Å²) in [6.07, 6.45) is 0.158. The van der Waals surface area contributed by atoms with Crippen LogP contribution in [-0.4, -0.2) is 37.4 Å². The predicted octanol–water partition coefficient (Wildman–Crippen LogP) is 0.315. The van der Waals surface area contributed by atoms with Crippen LogP contribution in [0.4, 0.5) is 0 Å². The van der Waals surface area contributed by atoms with Crippen molar-refractivity contribution in [1.29, 1.82) is 0 Å². The smallest absolute Gasteiger partial charge is 0.325 e. The maximum Gasteiger partial charge on any atom is 0.325 e. The van der Waals surface area contributed by atoms with Crippen molar-refractivity contribution in [2.75, 3.05) is 13.2 Å². The van der Waals surface area contributed by atoms with Crippen LogP contribution in [0, 0.1) is 0 Å². The molecular weight excluding hydrogens is 170 g/mol. The van der Waals surface area contributed by atoms with E-state index >= 15 is 0 Å². The second-order valence-corrected chi connectivity index (χ2v) is 3.30. The van der Waals surface area contributed by atoms with Gasteiger partial charge in [-0.25, -0.2) is 0 Å². The molecule has 0 saturated carbocycles. The summed E-state index contributed by atoms with van der Waals surface area (Å²) in [7, 11) is 0. The molecule has 0 amide bonds. The van der Waals surface area contributed by atoms with Crippen LogP contribution in [0.3, 0.4) is 0 Å². The van der Waals surface area contributed by atoms with Gasteiger partial charge in [0.25, 0.3) is 0 Å². The molecule has 0 aromatic rings. The maximum atomic E-state index is 11.3. The Morgan fingerprint density at radius 2 is 2.31 bits per heavy atom. The van der Waals surface area contributed by atoms with E-state index in [1.165, 1.54) is 0 Å². The van der Waals surface area contributed by atoms with Gasteiger partial charge in [0, 0.05) is 6.04 Å². The minimum Gasteiger partial charge on any atom is -0.465 e. The van der Waals surface area contributed by atoms with Gasteiger partial charge >= 0.3 is 5.97 Å². The van der Waals surface area contributed by atoms with Crippen molar-refractivity contribution in [3.63, 3.8) is 0 Å². The zero-order valence-corrected chi connectivity index (χ0v) is 8.37. The Labute approximate surface area is 78.6 Å². The fourth-order valence-corrected chi connectivity index (χ4v) is 1.27. The number of carbonyl (C=O) groups is 1. The lowest BCUT2D eigenvalue weighted by molar-refractivity contribution is -0.151. The summed E-state index contributed by atoms with van der Waals surface area (Å²) in [4.78, 5) is 11.3. The highest BCUT2D eigenvalue weighted by Crippen LogP contribution is 2.08. The van der Waals surface area contributed by atoms with Crippen molar-refractivity contribution < 1.29 is 14.3 Å². The molecule has 0 aromatic heterocycles. The summed E-state index contributed by atoms with van der Waals surface area (Å²) >= 11 is 0. The molecule has 0 bridgehead atoms. The third-order valence-corrected chi connectivity index (χ3v) is 2.27. The quantitative estimate of drug-likeness (QED) is 0.632. The van der Waals surface area contributed by atoms with Gasteiger partial charge in [-0.1, -0.05) is 0 Å². The van der Waals surface area contributed by atoms with Crippen molar-refractivity contribution >= 4 is 5.97 Å². The van der Waals surface area contributed by atoms with Crippen LogP contribution in [0.5, 0.6) is 0 Å². The molecule has 1 fully saturated rings. The predicted molar refractivity (Wildman–Crippen MR) is 48.4 cm³/mol. The lowest BCUT2D eigenvalue weighted by atomic mass is 10.1. The van der Waals surface area contributed by atoms with E-state index in [0.29, 0.717) is 13.2 Å². The van der Waals surface area contributed by atoms with E-state index in [1.807, 2.05) is 13.8 Å².